The summed E-state index contributed by atoms with van der Waals surface area (Å²) in [5.74, 6) is -0.755. The van der Waals surface area contributed by atoms with Gasteiger partial charge in [-0.2, -0.15) is 0 Å². The van der Waals surface area contributed by atoms with Gasteiger partial charge in [-0.05, 0) is 18.9 Å². The zero-order valence-corrected chi connectivity index (χ0v) is 10.2. The van der Waals surface area contributed by atoms with Crippen LogP contribution in [0, 0.1) is 0 Å². The monoisotopic (exact) mass is 243 g/mol. The molecule has 1 aromatic rings. The molecule has 16 heavy (non-hydrogen) atoms. The van der Waals surface area contributed by atoms with Gasteiger partial charge in [-0.25, -0.2) is 0 Å². The first-order chi connectivity index (χ1) is 7.18. The maximum atomic E-state index is 10.3. The standard InChI is InChI=1S/C12H17NO2.ClH/c1-10(13-8-7-12(14)15)9-11-5-3-2-4-6-11;/h2-6,10,13H,7-9H2,1H3,(H,14,15);1H. The van der Waals surface area contributed by atoms with Gasteiger partial charge in [-0.15, -0.1) is 12.4 Å². The molecule has 1 aromatic carbocycles. The molecule has 0 amide bonds. The summed E-state index contributed by atoms with van der Waals surface area (Å²) in [5, 5.41) is 11.7. The molecular formula is C12H18ClNO2. The third kappa shape index (κ3) is 6.43. The molecule has 2 N–H and O–H groups in total. The van der Waals surface area contributed by atoms with Gasteiger partial charge in [0.1, 0.15) is 0 Å². The second kappa shape index (κ2) is 8.13. The molecule has 0 aliphatic carbocycles. The first kappa shape index (κ1) is 14.9. The number of hydrogen-bond acceptors (Lipinski definition) is 2. The van der Waals surface area contributed by atoms with Gasteiger partial charge in [0.15, 0.2) is 0 Å². The van der Waals surface area contributed by atoms with Crippen LogP contribution >= 0.6 is 12.4 Å². The van der Waals surface area contributed by atoms with Crippen LogP contribution in [0.5, 0.6) is 0 Å². The van der Waals surface area contributed by atoms with Crippen molar-refractivity contribution in [1.29, 1.82) is 0 Å². The van der Waals surface area contributed by atoms with Crippen LogP contribution in [0.1, 0.15) is 18.9 Å². The minimum atomic E-state index is -0.755. The van der Waals surface area contributed by atoms with Crippen molar-refractivity contribution in [3.8, 4) is 0 Å². The Morgan fingerprint density at radius 1 is 1.38 bits per heavy atom. The minimum Gasteiger partial charge on any atom is -0.481 e. The lowest BCUT2D eigenvalue weighted by molar-refractivity contribution is -0.136. The Kier molecular flexibility index (Phi) is 7.60. The highest BCUT2D eigenvalue weighted by Crippen LogP contribution is 2.02. The molecule has 0 bridgehead atoms. The minimum absolute atomic E-state index is 0. The highest BCUT2D eigenvalue weighted by molar-refractivity contribution is 5.85. The third-order valence-corrected chi connectivity index (χ3v) is 2.22. The summed E-state index contributed by atoms with van der Waals surface area (Å²) in [6.45, 7) is 2.60. The molecule has 0 aliphatic rings. The molecule has 90 valence electrons. The van der Waals surface area contributed by atoms with E-state index in [4.69, 9.17) is 5.11 Å². The van der Waals surface area contributed by atoms with Crippen molar-refractivity contribution in [3.05, 3.63) is 35.9 Å². The lowest BCUT2D eigenvalue weighted by atomic mass is 10.1. The lowest BCUT2D eigenvalue weighted by Gasteiger charge is -2.12. The number of aliphatic carboxylic acids is 1. The van der Waals surface area contributed by atoms with Crippen molar-refractivity contribution in [1.82, 2.24) is 5.32 Å². The average molecular weight is 244 g/mol. The second-order valence-corrected chi connectivity index (χ2v) is 3.69. The molecule has 3 nitrogen and oxygen atoms in total. The molecule has 1 unspecified atom stereocenters. The van der Waals surface area contributed by atoms with E-state index in [-0.39, 0.29) is 18.8 Å². The highest BCUT2D eigenvalue weighted by atomic mass is 35.5. The van der Waals surface area contributed by atoms with E-state index in [1.807, 2.05) is 18.2 Å². The zero-order valence-electron chi connectivity index (χ0n) is 9.35. The van der Waals surface area contributed by atoms with Gasteiger partial charge >= 0.3 is 5.97 Å². The number of carboxylic acids is 1. The molecule has 0 saturated carbocycles. The van der Waals surface area contributed by atoms with E-state index in [1.165, 1.54) is 5.56 Å². The van der Waals surface area contributed by atoms with Crippen molar-refractivity contribution in [2.45, 2.75) is 25.8 Å². The summed E-state index contributed by atoms with van der Waals surface area (Å²) in [5.41, 5.74) is 1.27. The third-order valence-electron chi connectivity index (χ3n) is 2.22. The van der Waals surface area contributed by atoms with Crippen molar-refractivity contribution in [3.63, 3.8) is 0 Å². The van der Waals surface area contributed by atoms with E-state index in [1.54, 1.807) is 0 Å². The van der Waals surface area contributed by atoms with E-state index in [2.05, 4.69) is 24.4 Å². The molecule has 1 rings (SSSR count). The van der Waals surface area contributed by atoms with Crippen molar-refractivity contribution in [2.75, 3.05) is 6.54 Å². The number of halogens is 1. The predicted octanol–water partition coefficient (Wildman–Crippen LogP) is 2.10. The second-order valence-electron chi connectivity index (χ2n) is 3.69. The summed E-state index contributed by atoms with van der Waals surface area (Å²) in [7, 11) is 0. The molecule has 0 heterocycles. The van der Waals surface area contributed by atoms with Crippen molar-refractivity contribution < 1.29 is 9.90 Å². The average Bonchev–Trinajstić information content (AvgIpc) is 2.18. The van der Waals surface area contributed by atoms with Crippen molar-refractivity contribution in [2.24, 2.45) is 0 Å². The summed E-state index contributed by atoms with van der Waals surface area (Å²) >= 11 is 0. The summed E-state index contributed by atoms with van der Waals surface area (Å²) in [4.78, 5) is 10.3. The normalized spacial score (nSPS) is 11.6. The van der Waals surface area contributed by atoms with Crippen LogP contribution < -0.4 is 5.32 Å². The zero-order chi connectivity index (χ0) is 11.1. The van der Waals surface area contributed by atoms with Crippen LogP contribution in [0.15, 0.2) is 30.3 Å². The van der Waals surface area contributed by atoms with E-state index in [0.29, 0.717) is 12.6 Å². The number of hydrogen-bond donors (Lipinski definition) is 2. The maximum Gasteiger partial charge on any atom is 0.304 e. The van der Waals surface area contributed by atoms with E-state index in [9.17, 15) is 4.79 Å². The van der Waals surface area contributed by atoms with Gasteiger partial charge in [-0.3, -0.25) is 4.79 Å². The predicted molar refractivity (Wildman–Crippen MR) is 67.1 cm³/mol. The van der Waals surface area contributed by atoms with Crippen LogP contribution in [0.2, 0.25) is 0 Å². The summed E-state index contributed by atoms with van der Waals surface area (Å²) < 4.78 is 0. The number of benzene rings is 1. The van der Waals surface area contributed by atoms with E-state index < -0.39 is 5.97 Å². The van der Waals surface area contributed by atoms with E-state index in [0.717, 1.165) is 6.42 Å². The Morgan fingerprint density at radius 3 is 2.56 bits per heavy atom. The molecular weight excluding hydrogens is 226 g/mol. The van der Waals surface area contributed by atoms with Gasteiger partial charge in [0.25, 0.3) is 0 Å². The van der Waals surface area contributed by atoms with Crippen LogP contribution in [0.4, 0.5) is 0 Å². The Hall–Kier alpha value is -1.06. The molecule has 0 aliphatic heterocycles. The maximum absolute atomic E-state index is 10.3. The number of nitrogens with one attached hydrogen (secondary N) is 1. The van der Waals surface area contributed by atoms with Crippen LogP contribution in [-0.2, 0) is 11.2 Å². The fraction of sp³-hybridized carbons (Fsp3) is 0.417. The van der Waals surface area contributed by atoms with Gasteiger partial charge in [-0.1, -0.05) is 30.3 Å². The van der Waals surface area contributed by atoms with Crippen LogP contribution in [0.25, 0.3) is 0 Å². The fourth-order valence-corrected chi connectivity index (χ4v) is 1.47. The summed E-state index contributed by atoms with van der Waals surface area (Å²) in [6, 6.07) is 10.5. The lowest BCUT2D eigenvalue weighted by Crippen LogP contribution is -2.30. The molecule has 0 spiro atoms. The Bertz CT molecular complexity index is 303. The SMILES string of the molecule is CC(Cc1ccccc1)NCCC(=O)O.Cl. The smallest absolute Gasteiger partial charge is 0.304 e. The first-order valence-electron chi connectivity index (χ1n) is 5.17. The Morgan fingerprint density at radius 2 is 2.00 bits per heavy atom. The fourth-order valence-electron chi connectivity index (χ4n) is 1.47. The Balaban J connectivity index is 0.00000225. The molecule has 0 fully saturated rings. The van der Waals surface area contributed by atoms with Crippen molar-refractivity contribution >= 4 is 18.4 Å². The van der Waals surface area contributed by atoms with Gasteiger partial charge < -0.3 is 10.4 Å². The molecule has 1 atom stereocenters. The van der Waals surface area contributed by atoms with Gasteiger partial charge in [0.2, 0.25) is 0 Å². The van der Waals surface area contributed by atoms with Crippen LogP contribution in [-0.4, -0.2) is 23.7 Å². The van der Waals surface area contributed by atoms with Crippen LogP contribution in [0.3, 0.4) is 0 Å². The number of carboxylic acid groups (broad SMARTS) is 1. The quantitative estimate of drug-likeness (QED) is 0.805. The Labute approximate surface area is 102 Å². The van der Waals surface area contributed by atoms with Gasteiger partial charge in [0, 0.05) is 12.6 Å². The van der Waals surface area contributed by atoms with E-state index >= 15 is 0 Å². The molecule has 0 radical (unpaired) electrons. The molecule has 0 saturated heterocycles. The summed E-state index contributed by atoms with van der Waals surface area (Å²) in [6.07, 6.45) is 1.11. The first-order valence-corrected chi connectivity index (χ1v) is 5.17. The largest absolute Gasteiger partial charge is 0.481 e. The number of rotatable bonds is 6. The number of carbonyl (C=O) groups is 1. The molecule has 0 aromatic heterocycles. The highest BCUT2D eigenvalue weighted by Gasteiger charge is 2.03. The molecule has 4 heteroatoms. The van der Waals surface area contributed by atoms with Gasteiger partial charge in [0.05, 0.1) is 6.42 Å². The topological polar surface area (TPSA) is 49.3 Å².